The Morgan fingerprint density at radius 1 is 1.33 bits per heavy atom. The molecule has 0 heterocycles. The Labute approximate surface area is 74.0 Å². The third-order valence-corrected chi connectivity index (χ3v) is 2.75. The standard InChI is InChI=1S/C10H18O2/c1-7(2)10(12)8-3-5-9(11)6-4-8/h7-8,10,12H,3-6H2,1-2H3. The highest BCUT2D eigenvalue weighted by molar-refractivity contribution is 5.79. The summed E-state index contributed by atoms with van der Waals surface area (Å²) < 4.78 is 0. The van der Waals surface area contributed by atoms with E-state index in [1.807, 2.05) is 13.8 Å². The average molecular weight is 170 g/mol. The van der Waals surface area contributed by atoms with Crippen LogP contribution in [0.1, 0.15) is 39.5 Å². The van der Waals surface area contributed by atoms with Crippen LogP contribution in [-0.4, -0.2) is 17.0 Å². The zero-order valence-corrected chi connectivity index (χ0v) is 7.92. The van der Waals surface area contributed by atoms with E-state index < -0.39 is 0 Å². The van der Waals surface area contributed by atoms with Crippen LogP contribution in [0.3, 0.4) is 0 Å². The number of carbonyl (C=O) groups is 1. The van der Waals surface area contributed by atoms with Gasteiger partial charge in [0.25, 0.3) is 0 Å². The number of ketones is 1. The minimum atomic E-state index is -0.210. The summed E-state index contributed by atoms with van der Waals surface area (Å²) in [5, 5.41) is 9.73. The van der Waals surface area contributed by atoms with Gasteiger partial charge in [-0.1, -0.05) is 13.8 Å². The molecule has 0 radical (unpaired) electrons. The molecule has 2 heteroatoms. The first-order chi connectivity index (χ1) is 5.61. The van der Waals surface area contributed by atoms with Crippen molar-refractivity contribution in [3.63, 3.8) is 0 Å². The van der Waals surface area contributed by atoms with Gasteiger partial charge in [0.1, 0.15) is 5.78 Å². The van der Waals surface area contributed by atoms with Gasteiger partial charge in [0.2, 0.25) is 0 Å². The Morgan fingerprint density at radius 3 is 2.25 bits per heavy atom. The second-order valence-electron chi connectivity index (χ2n) is 4.11. The molecule has 70 valence electrons. The number of aliphatic hydroxyl groups excluding tert-OH is 1. The molecule has 0 amide bonds. The lowest BCUT2D eigenvalue weighted by atomic mass is 9.81. The SMILES string of the molecule is CC(C)C(O)C1CCC(=O)CC1. The van der Waals surface area contributed by atoms with Crippen molar-refractivity contribution in [3.05, 3.63) is 0 Å². The summed E-state index contributed by atoms with van der Waals surface area (Å²) in [5.74, 6) is 1.05. The van der Waals surface area contributed by atoms with Gasteiger partial charge in [-0.05, 0) is 24.7 Å². The number of rotatable bonds is 2. The summed E-state index contributed by atoms with van der Waals surface area (Å²) in [6, 6.07) is 0. The van der Waals surface area contributed by atoms with Crippen molar-refractivity contribution in [3.8, 4) is 0 Å². The minimum Gasteiger partial charge on any atom is -0.393 e. The second kappa shape index (κ2) is 4.04. The Hall–Kier alpha value is -0.370. The number of Topliss-reactive ketones (excluding diaryl/α,β-unsaturated/α-hetero) is 1. The highest BCUT2D eigenvalue weighted by Crippen LogP contribution is 2.27. The maximum atomic E-state index is 10.9. The van der Waals surface area contributed by atoms with Gasteiger partial charge in [0.05, 0.1) is 6.10 Å². The summed E-state index contributed by atoms with van der Waals surface area (Å²) in [7, 11) is 0. The van der Waals surface area contributed by atoms with E-state index in [2.05, 4.69) is 0 Å². The molecule has 0 spiro atoms. The zero-order valence-electron chi connectivity index (χ0n) is 7.92. The van der Waals surface area contributed by atoms with Crippen molar-refractivity contribution in [1.82, 2.24) is 0 Å². The Morgan fingerprint density at radius 2 is 1.83 bits per heavy atom. The molecule has 1 aliphatic rings. The molecule has 0 aromatic carbocycles. The molecule has 1 fully saturated rings. The number of hydrogen-bond acceptors (Lipinski definition) is 2. The van der Waals surface area contributed by atoms with Crippen LogP contribution in [0.2, 0.25) is 0 Å². The molecule has 1 unspecified atom stereocenters. The van der Waals surface area contributed by atoms with Crippen LogP contribution in [0, 0.1) is 11.8 Å². The first-order valence-electron chi connectivity index (χ1n) is 4.81. The maximum absolute atomic E-state index is 10.9. The van der Waals surface area contributed by atoms with Crippen LogP contribution in [0.5, 0.6) is 0 Å². The van der Waals surface area contributed by atoms with Gasteiger partial charge in [-0.2, -0.15) is 0 Å². The third-order valence-electron chi connectivity index (χ3n) is 2.75. The summed E-state index contributed by atoms with van der Waals surface area (Å²) in [6.07, 6.45) is 2.91. The third kappa shape index (κ3) is 2.31. The Kier molecular flexibility index (Phi) is 3.27. The number of carbonyl (C=O) groups excluding carboxylic acids is 1. The lowest BCUT2D eigenvalue weighted by Gasteiger charge is -2.28. The van der Waals surface area contributed by atoms with E-state index in [4.69, 9.17) is 0 Å². The lowest BCUT2D eigenvalue weighted by Crippen LogP contribution is -2.29. The summed E-state index contributed by atoms with van der Waals surface area (Å²) in [6.45, 7) is 4.06. The molecule has 0 aromatic rings. The van der Waals surface area contributed by atoms with Crippen LogP contribution in [0.15, 0.2) is 0 Å². The molecule has 1 N–H and O–H groups in total. The quantitative estimate of drug-likeness (QED) is 0.685. The van der Waals surface area contributed by atoms with Crippen LogP contribution < -0.4 is 0 Å². The maximum Gasteiger partial charge on any atom is 0.132 e. The fourth-order valence-electron chi connectivity index (χ4n) is 1.85. The van der Waals surface area contributed by atoms with Crippen molar-refractivity contribution in [2.75, 3.05) is 0 Å². The first kappa shape index (κ1) is 9.72. The van der Waals surface area contributed by atoms with Gasteiger partial charge in [0.15, 0.2) is 0 Å². The van der Waals surface area contributed by atoms with Crippen molar-refractivity contribution >= 4 is 5.78 Å². The summed E-state index contributed by atoms with van der Waals surface area (Å²) >= 11 is 0. The van der Waals surface area contributed by atoms with Gasteiger partial charge in [-0.3, -0.25) is 4.79 Å². The molecule has 1 saturated carbocycles. The lowest BCUT2D eigenvalue weighted by molar-refractivity contribution is -0.122. The van der Waals surface area contributed by atoms with Crippen LogP contribution in [-0.2, 0) is 4.79 Å². The smallest absolute Gasteiger partial charge is 0.132 e. The molecule has 0 bridgehead atoms. The molecule has 0 aromatic heterocycles. The molecule has 1 rings (SSSR count). The molecule has 2 nitrogen and oxygen atoms in total. The fraction of sp³-hybridized carbons (Fsp3) is 0.900. The molecule has 1 aliphatic carbocycles. The van der Waals surface area contributed by atoms with Gasteiger partial charge in [0, 0.05) is 12.8 Å². The van der Waals surface area contributed by atoms with E-state index in [-0.39, 0.29) is 6.10 Å². The van der Waals surface area contributed by atoms with Crippen LogP contribution >= 0.6 is 0 Å². The van der Waals surface area contributed by atoms with E-state index in [0.717, 1.165) is 12.8 Å². The monoisotopic (exact) mass is 170 g/mol. The topological polar surface area (TPSA) is 37.3 Å². The van der Waals surface area contributed by atoms with E-state index >= 15 is 0 Å². The summed E-state index contributed by atoms with van der Waals surface area (Å²) in [5.41, 5.74) is 0. The fourth-order valence-corrected chi connectivity index (χ4v) is 1.85. The zero-order chi connectivity index (χ0) is 9.14. The highest BCUT2D eigenvalue weighted by Gasteiger charge is 2.26. The molecular weight excluding hydrogens is 152 g/mol. The van der Waals surface area contributed by atoms with Crippen LogP contribution in [0.4, 0.5) is 0 Å². The minimum absolute atomic E-state index is 0.210. The number of hydrogen-bond donors (Lipinski definition) is 1. The molecule has 0 saturated heterocycles. The van der Waals surface area contributed by atoms with Gasteiger partial charge < -0.3 is 5.11 Å². The van der Waals surface area contributed by atoms with Gasteiger partial charge in [-0.15, -0.1) is 0 Å². The second-order valence-corrected chi connectivity index (χ2v) is 4.11. The van der Waals surface area contributed by atoms with E-state index in [9.17, 15) is 9.90 Å². The predicted octanol–water partition coefficient (Wildman–Crippen LogP) is 1.76. The highest BCUT2D eigenvalue weighted by atomic mass is 16.3. The van der Waals surface area contributed by atoms with Crippen molar-refractivity contribution in [1.29, 1.82) is 0 Å². The normalized spacial score (nSPS) is 23.2. The average Bonchev–Trinajstić information content (AvgIpc) is 2.04. The van der Waals surface area contributed by atoms with E-state index in [1.165, 1.54) is 0 Å². The Balaban J connectivity index is 2.38. The van der Waals surface area contributed by atoms with Crippen molar-refractivity contribution in [2.24, 2.45) is 11.8 Å². The first-order valence-corrected chi connectivity index (χ1v) is 4.81. The molecule has 0 aliphatic heterocycles. The largest absolute Gasteiger partial charge is 0.393 e. The summed E-state index contributed by atoms with van der Waals surface area (Å²) in [4.78, 5) is 10.9. The number of aliphatic hydroxyl groups is 1. The molecular formula is C10H18O2. The molecule has 1 atom stereocenters. The van der Waals surface area contributed by atoms with E-state index in [1.54, 1.807) is 0 Å². The van der Waals surface area contributed by atoms with Gasteiger partial charge in [-0.25, -0.2) is 0 Å². The van der Waals surface area contributed by atoms with Gasteiger partial charge >= 0.3 is 0 Å². The predicted molar refractivity (Wildman–Crippen MR) is 47.8 cm³/mol. The van der Waals surface area contributed by atoms with Crippen LogP contribution in [0.25, 0.3) is 0 Å². The Bertz CT molecular complexity index is 153. The van der Waals surface area contributed by atoms with E-state index in [0.29, 0.717) is 30.5 Å². The van der Waals surface area contributed by atoms with Crippen molar-refractivity contribution in [2.45, 2.75) is 45.6 Å². The van der Waals surface area contributed by atoms with Crippen molar-refractivity contribution < 1.29 is 9.90 Å². The molecule has 12 heavy (non-hydrogen) atoms.